The largest absolute Gasteiger partial charge is 0.504 e. The number of methoxy groups -OCH3 is 1. The number of non-ortho nitro benzene ring substituents is 1. The third kappa shape index (κ3) is 3.48. The van der Waals surface area contributed by atoms with Gasteiger partial charge in [-0.3, -0.25) is 10.1 Å². The quantitative estimate of drug-likeness (QED) is 0.406. The second kappa shape index (κ2) is 6.96. The summed E-state index contributed by atoms with van der Waals surface area (Å²) in [6.45, 7) is 0. The molecular formula is C19H24N4O5. The van der Waals surface area contributed by atoms with E-state index in [1.54, 1.807) is 0 Å². The van der Waals surface area contributed by atoms with Crippen LogP contribution in [0.15, 0.2) is 17.2 Å². The molecule has 0 spiro atoms. The van der Waals surface area contributed by atoms with E-state index in [-0.39, 0.29) is 28.3 Å². The van der Waals surface area contributed by atoms with Gasteiger partial charge in [-0.2, -0.15) is 5.10 Å². The highest BCUT2D eigenvalue weighted by molar-refractivity contribution is 5.87. The first kappa shape index (κ1) is 18.5. The molecule has 28 heavy (non-hydrogen) atoms. The van der Waals surface area contributed by atoms with Crippen molar-refractivity contribution in [2.75, 3.05) is 7.11 Å². The Morgan fingerprint density at radius 3 is 2.43 bits per heavy atom. The number of nitro groups is 1. The molecule has 0 aromatic heterocycles. The molecule has 4 aliphatic rings. The number of aromatic hydroxyl groups is 1. The molecule has 5 rings (SSSR count). The van der Waals surface area contributed by atoms with Crippen LogP contribution in [-0.4, -0.2) is 34.9 Å². The number of benzene rings is 1. The van der Waals surface area contributed by atoms with Crippen molar-refractivity contribution in [1.82, 2.24) is 10.7 Å². The van der Waals surface area contributed by atoms with Gasteiger partial charge in [0.1, 0.15) is 0 Å². The van der Waals surface area contributed by atoms with Gasteiger partial charge in [-0.15, -0.1) is 0 Å². The van der Waals surface area contributed by atoms with Gasteiger partial charge in [0.25, 0.3) is 5.69 Å². The molecule has 9 nitrogen and oxygen atoms in total. The number of nitro benzene ring substituents is 1. The molecule has 1 aromatic rings. The average molecular weight is 388 g/mol. The zero-order valence-electron chi connectivity index (χ0n) is 15.7. The van der Waals surface area contributed by atoms with Gasteiger partial charge in [0, 0.05) is 17.2 Å². The molecule has 0 heterocycles. The number of hydrogen-bond acceptors (Lipinski definition) is 6. The van der Waals surface area contributed by atoms with Crippen LogP contribution < -0.4 is 15.5 Å². The van der Waals surface area contributed by atoms with Crippen molar-refractivity contribution in [3.63, 3.8) is 0 Å². The Kier molecular flexibility index (Phi) is 4.60. The Morgan fingerprint density at radius 2 is 1.89 bits per heavy atom. The number of hydrogen-bond donors (Lipinski definition) is 3. The number of carbonyl (C=O) groups excluding carboxylic acids is 1. The second-order valence-corrected chi connectivity index (χ2v) is 8.36. The van der Waals surface area contributed by atoms with E-state index in [4.69, 9.17) is 4.74 Å². The van der Waals surface area contributed by atoms with E-state index >= 15 is 0 Å². The van der Waals surface area contributed by atoms with Crippen molar-refractivity contribution in [2.24, 2.45) is 22.9 Å². The minimum Gasteiger partial charge on any atom is -0.504 e. The molecule has 0 unspecified atom stereocenters. The van der Waals surface area contributed by atoms with E-state index in [0.717, 1.165) is 25.3 Å². The Balaban J connectivity index is 1.42. The van der Waals surface area contributed by atoms with Crippen LogP contribution in [0.3, 0.4) is 0 Å². The summed E-state index contributed by atoms with van der Waals surface area (Å²) in [4.78, 5) is 22.8. The van der Waals surface area contributed by atoms with Gasteiger partial charge in [-0.25, -0.2) is 10.2 Å². The van der Waals surface area contributed by atoms with Gasteiger partial charge in [-0.05, 0) is 56.3 Å². The molecule has 2 amide bonds. The number of rotatable bonds is 5. The van der Waals surface area contributed by atoms with Crippen LogP contribution in [0.25, 0.3) is 0 Å². The third-order valence-corrected chi connectivity index (χ3v) is 6.31. The number of phenolic OH excluding ortho intramolecular Hbond substituents is 1. The highest BCUT2D eigenvalue weighted by Gasteiger charge is 2.51. The monoisotopic (exact) mass is 388 g/mol. The SMILES string of the molecule is COc1cc([N+](=O)[O-])cc(C=NNC(=O)NC23CC4CC(CC(C4)C2)C3)c1O. The number of ether oxygens (including phenoxy) is 1. The molecular weight excluding hydrogens is 364 g/mol. The Bertz CT molecular complexity index is 803. The van der Waals surface area contributed by atoms with E-state index in [1.807, 2.05) is 0 Å². The second-order valence-electron chi connectivity index (χ2n) is 8.36. The summed E-state index contributed by atoms with van der Waals surface area (Å²) in [5.41, 5.74) is 2.13. The van der Waals surface area contributed by atoms with Crippen molar-refractivity contribution in [3.05, 3.63) is 27.8 Å². The highest BCUT2D eigenvalue weighted by atomic mass is 16.6. The number of amides is 2. The summed E-state index contributed by atoms with van der Waals surface area (Å²) in [7, 11) is 1.30. The lowest BCUT2D eigenvalue weighted by atomic mass is 9.53. The van der Waals surface area contributed by atoms with Gasteiger partial charge >= 0.3 is 6.03 Å². The highest BCUT2D eigenvalue weighted by Crippen LogP contribution is 2.55. The first-order chi connectivity index (χ1) is 13.4. The van der Waals surface area contributed by atoms with Crippen molar-refractivity contribution >= 4 is 17.9 Å². The Morgan fingerprint density at radius 1 is 1.29 bits per heavy atom. The molecule has 0 radical (unpaired) electrons. The number of carbonyl (C=O) groups is 1. The fourth-order valence-electron chi connectivity index (χ4n) is 5.67. The van der Waals surface area contributed by atoms with Crippen LogP contribution in [0.1, 0.15) is 44.1 Å². The summed E-state index contributed by atoms with van der Waals surface area (Å²) < 4.78 is 4.95. The lowest BCUT2D eigenvalue weighted by Crippen LogP contribution is -2.61. The van der Waals surface area contributed by atoms with E-state index < -0.39 is 11.0 Å². The van der Waals surface area contributed by atoms with Gasteiger partial charge in [-0.1, -0.05) is 0 Å². The van der Waals surface area contributed by atoms with Crippen LogP contribution in [-0.2, 0) is 0 Å². The van der Waals surface area contributed by atoms with Crippen molar-refractivity contribution in [2.45, 2.75) is 44.1 Å². The summed E-state index contributed by atoms with van der Waals surface area (Å²) >= 11 is 0. The molecule has 4 bridgehead atoms. The smallest absolute Gasteiger partial charge is 0.335 e. The topological polar surface area (TPSA) is 126 Å². The standard InChI is InChI=1S/C19H24N4O5/c1-28-16-6-15(23(26)27)5-14(17(16)24)10-20-22-18(25)21-19-7-11-2-12(8-19)4-13(3-11)9-19/h5-6,10-13,24H,2-4,7-9H2,1H3,(H2,21,22,25). The summed E-state index contributed by atoms with van der Waals surface area (Å²) in [6, 6.07) is 1.90. The lowest BCUT2D eigenvalue weighted by Gasteiger charge is -2.56. The normalized spacial score (nSPS) is 30.4. The van der Waals surface area contributed by atoms with Crippen LogP contribution in [0.2, 0.25) is 0 Å². The predicted octanol–water partition coefficient (Wildman–Crippen LogP) is 2.91. The van der Waals surface area contributed by atoms with Crippen molar-refractivity contribution in [1.29, 1.82) is 0 Å². The van der Waals surface area contributed by atoms with Gasteiger partial charge in [0.05, 0.1) is 24.3 Å². The molecule has 9 heteroatoms. The third-order valence-electron chi connectivity index (χ3n) is 6.31. The fourth-order valence-corrected chi connectivity index (χ4v) is 5.67. The summed E-state index contributed by atoms with van der Waals surface area (Å²) in [5, 5.41) is 28.1. The zero-order valence-corrected chi connectivity index (χ0v) is 15.7. The summed E-state index contributed by atoms with van der Waals surface area (Å²) in [5.74, 6) is 1.83. The van der Waals surface area contributed by atoms with E-state index in [1.165, 1.54) is 38.7 Å². The number of urea groups is 1. The molecule has 0 saturated heterocycles. The zero-order chi connectivity index (χ0) is 19.9. The Hall–Kier alpha value is -2.84. The van der Waals surface area contributed by atoms with Crippen LogP contribution >= 0.6 is 0 Å². The molecule has 150 valence electrons. The van der Waals surface area contributed by atoms with Gasteiger partial charge in [0.2, 0.25) is 0 Å². The predicted molar refractivity (Wildman–Crippen MR) is 101 cm³/mol. The minimum absolute atomic E-state index is 0.0336. The van der Waals surface area contributed by atoms with Crippen molar-refractivity contribution in [3.8, 4) is 11.5 Å². The molecule has 0 atom stereocenters. The molecule has 3 N–H and O–H groups in total. The molecule has 0 aliphatic heterocycles. The maximum Gasteiger partial charge on any atom is 0.335 e. The van der Waals surface area contributed by atoms with E-state index in [0.29, 0.717) is 17.8 Å². The number of nitrogens with zero attached hydrogens (tertiary/aromatic N) is 2. The fraction of sp³-hybridized carbons (Fsp3) is 0.579. The first-order valence-corrected chi connectivity index (χ1v) is 9.54. The van der Waals surface area contributed by atoms with E-state index in [9.17, 15) is 20.0 Å². The number of phenols is 1. The Labute approximate surface area is 162 Å². The number of nitrogens with one attached hydrogen (secondary N) is 2. The molecule has 4 aliphatic carbocycles. The minimum atomic E-state index is -0.591. The maximum atomic E-state index is 12.4. The van der Waals surface area contributed by atoms with Crippen LogP contribution in [0.4, 0.5) is 10.5 Å². The molecule has 1 aromatic carbocycles. The van der Waals surface area contributed by atoms with Gasteiger partial charge in [0.15, 0.2) is 11.5 Å². The van der Waals surface area contributed by atoms with Crippen LogP contribution in [0.5, 0.6) is 11.5 Å². The van der Waals surface area contributed by atoms with E-state index in [2.05, 4.69) is 15.8 Å². The lowest BCUT2D eigenvalue weighted by molar-refractivity contribution is -0.385. The average Bonchev–Trinajstić information content (AvgIpc) is 2.61. The van der Waals surface area contributed by atoms with Crippen LogP contribution in [0, 0.1) is 27.9 Å². The maximum absolute atomic E-state index is 12.4. The first-order valence-electron chi connectivity index (χ1n) is 9.54. The molecule has 4 fully saturated rings. The van der Waals surface area contributed by atoms with Crippen molar-refractivity contribution < 1.29 is 19.6 Å². The summed E-state index contributed by atoms with van der Waals surface area (Å²) in [6.07, 6.45) is 8.11. The number of hydrazone groups is 1. The van der Waals surface area contributed by atoms with Gasteiger partial charge < -0.3 is 15.2 Å². The molecule has 4 saturated carbocycles.